The summed E-state index contributed by atoms with van der Waals surface area (Å²) in [6.07, 6.45) is 1.29. The first-order valence-corrected chi connectivity index (χ1v) is 12.8. The zero-order chi connectivity index (χ0) is 27.1. The van der Waals surface area contributed by atoms with E-state index in [1.807, 2.05) is 6.07 Å². The predicted octanol–water partition coefficient (Wildman–Crippen LogP) is 6.81. The van der Waals surface area contributed by atoms with Crippen LogP contribution in [-0.4, -0.2) is 34.5 Å². The molecule has 0 radical (unpaired) electrons. The number of aliphatic carboxylic acids is 1. The standard InChI is InChI=1S/C28H28ClFN2O6/c1-16-24(31-26(35)37-17(2)19-5-3-4-6-21(19)29)25(38-32-16)20-8-7-18(13-22(20)30)27-9-11-28(12-10-27,36-15-27)14-23(33)34/h3-8,13,17H,9-12,14-15H2,1-2H3,(H,31,35)(H,33,34)/t17-,27?,28?/m1/s1. The van der Waals surface area contributed by atoms with Crippen LogP contribution in [0.15, 0.2) is 47.0 Å². The van der Waals surface area contributed by atoms with Crippen LogP contribution in [-0.2, 0) is 19.7 Å². The number of carbonyl (C=O) groups excluding carboxylic acids is 1. The van der Waals surface area contributed by atoms with E-state index in [1.165, 1.54) is 6.07 Å². The van der Waals surface area contributed by atoms with E-state index in [9.17, 15) is 14.7 Å². The van der Waals surface area contributed by atoms with Gasteiger partial charge in [0.05, 0.1) is 24.2 Å². The molecule has 1 saturated carbocycles. The van der Waals surface area contributed by atoms with Crippen molar-refractivity contribution < 1.29 is 33.1 Å². The van der Waals surface area contributed by atoms with Crippen molar-refractivity contribution in [3.63, 3.8) is 0 Å². The Morgan fingerprint density at radius 1 is 1.21 bits per heavy atom. The molecule has 200 valence electrons. The SMILES string of the molecule is Cc1noc(-c2ccc(C34CCC(CC(=O)O)(CC3)OC4)cc2F)c1NC(=O)O[C@H](C)c1ccccc1Cl. The minimum Gasteiger partial charge on any atom is -0.481 e. The third kappa shape index (κ3) is 4.88. The molecule has 0 spiro atoms. The van der Waals surface area contributed by atoms with Crippen LogP contribution < -0.4 is 5.32 Å². The summed E-state index contributed by atoms with van der Waals surface area (Å²) < 4.78 is 32.4. The van der Waals surface area contributed by atoms with Gasteiger partial charge in [-0.1, -0.05) is 41.0 Å². The Bertz CT molecular complexity index is 1360. The molecule has 3 fully saturated rings. The zero-order valence-corrected chi connectivity index (χ0v) is 21.8. The Morgan fingerprint density at radius 3 is 2.58 bits per heavy atom. The Hall–Kier alpha value is -3.43. The van der Waals surface area contributed by atoms with Gasteiger partial charge in [0.15, 0.2) is 5.76 Å². The lowest BCUT2D eigenvalue weighted by Crippen LogP contribution is -2.54. The van der Waals surface area contributed by atoms with Crippen LogP contribution in [0.25, 0.3) is 11.3 Å². The van der Waals surface area contributed by atoms with Crippen LogP contribution in [0.5, 0.6) is 0 Å². The maximum Gasteiger partial charge on any atom is 0.412 e. The van der Waals surface area contributed by atoms with Gasteiger partial charge >= 0.3 is 12.1 Å². The van der Waals surface area contributed by atoms with Gasteiger partial charge < -0.3 is 19.1 Å². The average Bonchev–Trinajstić information content (AvgIpc) is 3.24. The highest BCUT2D eigenvalue weighted by molar-refractivity contribution is 6.31. The number of fused-ring (bicyclic) bond motifs is 3. The van der Waals surface area contributed by atoms with Crippen molar-refractivity contribution in [1.29, 1.82) is 0 Å². The molecular formula is C28H28ClFN2O6. The Labute approximate surface area is 224 Å². The normalized spacial score (nSPS) is 23.2. The number of aryl methyl sites for hydroxylation is 1. The summed E-state index contributed by atoms with van der Waals surface area (Å²) in [4.78, 5) is 23.9. The summed E-state index contributed by atoms with van der Waals surface area (Å²) >= 11 is 6.20. The van der Waals surface area contributed by atoms with Crippen molar-refractivity contribution in [2.45, 2.75) is 63.1 Å². The summed E-state index contributed by atoms with van der Waals surface area (Å²) in [6, 6.07) is 12.0. The number of nitrogens with zero attached hydrogens (tertiary/aromatic N) is 1. The molecule has 8 nitrogen and oxygen atoms in total. The lowest BCUT2D eigenvalue weighted by Gasteiger charge is -2.53. The first-order valence-electron chi connectivity index (χ1n) is 12.5. The second-order valence-corrected chi connectivity index (χ2v) is 10.6. The highest BCUT2D eigenvalue weighted by Gasteiger charge is 2.51. The monoisotopic (exact) mass is 542 g/mol. The number of carbonyl (C=O) groups is 2. The Morgan fingerprint density at radius 2 is 1.95 bits per heavy atom. The third-order valence-corrected chi connectivity index (χ3v) is 8.13. The molecule has 0 unspecified atom stereocenters. The maximum absolute atomic E-state index is 15.5. The molecule has 3 aliphatic rings. The molecule has 3 aromatic rings. The van der Waals surface area contributed by atoms with Gasteiger partial charge in [-0.3, -0.25) is 10.1 Å². The van der Waals surface area contributed by atoms with Gasteiger partial charge in [-0.05, 0) is 63.3 Å². The molecule has 2 aromatic carbocycles. The topological polar surface area (TPSA) is 111 Å². The van der Waals surface area contributed by atoms with Crippen LogP contribution in [0.1, 0.15) is 62.0 Å². The summed E-state index contributed by atoms with van der Waals surface area (Å²) in [5.41, 5.74) is 1.19. The predicted molar refractivity (Wildman–Crippen MR) is 138 cm³/mol. The van der Waals surface area contributed by atoms with E-state index in [1.54, 1.807) is 44.2 Å². The van der Waals surface area contributed by atoms with Gasteiger partial charge in [0.25, 0.3) is 0 Å². The number of carboxylic acid groups (broad SMARTS) is 1. The van der Waals surface area contributed by atoms with Crippen molar-refractivity contribution >= 4 is 29.4 Å². The summed E-state index contributed by atoms with van der Waals surface area (Å²) in [5.74, 6) is -1.32. The highest BCUT2D eigenvalue weighted by Crippen LogP contribution is 2.52. The molecule has 2 bridgehead atoms. The van der Waals surface area contributed by atoms with Gasteiger partial charge in [0, 0.05) is 16.0 Å². The van der Waals surface area contributed by atoms with Crippen LogP contribution in [0.2, 0.25) is 5.02 Å². The van der Waals surface area contributed by atoms with Gasteiger partial charge in [-0.15, -0.1) is 0 Å². The van der Waals surface area contributed by atoms with E-state index in [0.29, 0.717) is 35.7 Å². The zero-order valence-electron chi connectivity index (χ0n) is 21.1. The fourth-order valence-corrected chi connectivity index (χ4v) is 5.82. The second kappa shape index (κ2) is 10.0. The number of hydrogen-bond donors (Lipinski definition) is 2. The maximum atomic E-state index is 15.5. The largest absolute Gasteiger partial charge is 0.481 e. The van der Waals surface area contributed by atoms with Crippen LogP contribution in [0.4, 0.5) is 14.9 Å². The molecule has 1 aromatic heterocycles. The van der Waals surface area contributed by atoms with E-state index < -0.39 is 29.6 Å². The Balaban J connectivity index is 1.33. The highest BCUT2D eigenvalue weighted by atomic mass is 35.5. The smallest absolute Gasteiger partial charge is 0.412 e. The molecule has 1 amide bonds. The van der Waals surface area contributed by atoms with Crippen molar-refractivity contribution in [2.75, 3.05) is 11.9 Å². The van der Waals surface area contributed by atoms with Crippen molar-refractivity contribution in [3.05, 3.63) is 70.1 Å². The van der Waals surface area contributed by atoms with E-state index in [-0.39, 0.29) is 28.8 Å². The van der Waals surface area contributed by atoms with E-state index in [2.05, 4.69) is 10.5 Å². The van der Waals surface area contributed by atoms with Gasteiger partial charge in [-0.25, -0.2) is 9.18 Å². The molecular weight excluding hydrogens is 515 g/mol. The third-order valence-electron chi connectivity index (χ3n) is 7.79. The van der Waals surface area contributed by atoms with Gasteiger partial charge in [0.1, 0.15) is 23.3 Å². The fraction of sp³-hybridized carbons (Fsp3) is 0.393. The number of amides is 1. The van der Waals surface area contributed by atoms with E-state index >= 15 is 4.39 Å². The molecule has 38 heavy (non-hydrogen) atoms. The van der Waals surface area contributed by atoms with Crippen molar-refractivity contribution in [3.8, 4) is 11.3 Å². The number of halogens is 2. The van der Waals surface area contributed by atoms with Crippen molar-refractivity contribution in [2.24, 2.45) is 0 Å². The quantitative estimate of drug-likeness (QED) is 0.337. The molecule has 1 aliphatic carbocycles. The second-order valence-electron chi connectivity index (χ2n) is 10.2. The Kier molecular flexibility index (Phi) is 6.92. The molecule has 2 N–H and O–H groups in total. The summed E-state index contributed by atoms with van der Waals surface area (Å²) in [5, 5.41) is 16.3. The van der Waals surface area contributed by atoms with Gasteiger partial charge in [-0.2, -0.15) is 0 Å². The molecule has 6 rings (SSSR count). The van der Waals surface area contributed by atoms with Crippen LogP contribution in [0, 0.1) is 12.7 Å². The summed E-state index contributed by atoms with van der Waals surface area (Å²) in [6.45, 7) is 3.69. The average molecular weight is 543 g/mol. The molecule has 2 aliphatic heterocycles. The number of nitrogens with one attached hydrogen (secondary N) is 1. The molecule has 3 heterocycles. The number of ether oxygens (including phenoxy) is 2. The van der Waals surface area contributed by atoms with Crippen molar-refractivity contribution in [1.82, 2.24) is 5.16 Å². The number of hydrogen-bond acceptors (Lipinski definition) is 6. The summed E-state index contributed by atoms with van der Waals surface area (Å²) in [7, 11) is 0. The number of carboxylic acids is 1. The van der Waals surface area contributed by atoms with Crippen LogP contribution >= 0.6 is 11.6 Å². The number of rotatable bonds is 7. The molecule has 1 atom stereocenters. The van der Waals surface area contributed by atoms with Gasteiger partial charge in [0.2, 0.25) is 0 Å². The first kappa shape index (κ1) is 26.2. The van der Waals surface area contributed by atoms with E-state index in [0.717, 1.165) is 18.4 Å². The molecule has 10 heteroatoms. The number of aromatic nitrogens is 1. The minimum atomic E-state index is -0.872. The number of anilines is 1. The lowest BCUT2D eigenvalue weighted by atomic mass is 9.62. The fourth-order valence-electron chi connectivity index (χ4n) is 5.53. The van der Waals surface area contributed by atoms with E-state index in [4.69, 9.17) is 25.6 Å². The minimum absolute atomic E-state index is 0.0173. The molecule has 2 saturated heterocycles. The lowest BCUT2D eigenvalue weighted by molar-refractivity contribution is -0.174. The number of benzene rings is 2. The first-order chi connectivity index (χ1) is 18.1. The van der Waals surface area contributed by atoms with Crippen LogP contribution in [0.3, 0.4) is 0 Å².